The Labute approximate surface area is 67.4 Å². The number of methoxy groups -OCH3 is 1. The number of hydrogen-bond donors (Lipinski definition) is 0. The van der Waals surface area contributed by atoms with Gasteiger partial charge in [-0.3, -0.25) is 9.53 Å². The van der Waals surface area contributed by atoms with E-state index in [-0.39, 0.29) is 12.8 Å². The van der Waals surface area contributed by atoms with Gasteiger partial charge in [0.25, 0.3) is 0 Å². The van der Waals surface area contributed by atoms with Crippen LogP contribution in [0.15, 0.2) is 0 Å². The van der Waals surface area contributed by atoms with Crippen molar-refractivity contribution < 1.29 is 27.4 Å². The summed E-state index contributed by atoms with van der Waals surface area (Å²) in [6.07, 6.45) is -4.67. The van der Waals surface area contributed by atoms with E-state index in [0.29, 0.717) is 0 Å². The van der Waals surface area contributed by atoms with Gasteiger partial charge in [-0.25, -0.2) is 0 Å². The standard InChI is InChI=1S/C6H9F3O3/c1-11-5(10)3-2-4-12-6(7,8)9/h2-4H2,1H3. The van der Waals surface area contributed by atoms with Gasteiger partial charge in [-0.15, -0.1) is 13.2 Å². The quantitative estimate of drug-likeness (QED) is 0.492. The first-order valence-electron chi connectivity index (χ1n) is 3.23. The predicted molar refractivity (Wildman–Crippen MR) is 33.3 cm³/mol. The van der Waals surface area contributed by atoms with Crippen LogP contribution < -0.4 is 0 Å². The van der Waals surface area contributed by atoms with Crippen molar-refractivity contribution in [2.45, 2.75) is 19.2 Å². The van der Waals surface area contributed by atoms with Gasteiger partial charge in [0.2, 0.25) is 0 Å². The van der Waals surface area contributed by atoms with E-state index >= 15 is 0 Å². The van der Waals surface area contributed by atoms with Crippen LogP contribution in [0.5, 0.6) is 0 Å². The van der Waals surface area contributed by atoms with E-state index in [1.807, 2.05) is 0 Å². The minimum Gasteiger partial charge on any atom is -0.469 e. The first kappa shape index (κ1) is 11.2. The molecule has 72 valence electrons. The Morgan fingerprint density at radius 3 is 2.42 bits per heavy atom. The average molecular weight is 186 g/mol. The van der Waals surface area contributed by atoms with Gasteiger partial charge in [-0.2, -0.15) is 0 Å². The molecule has 0 aliphatic heterocycles. The molecule has 0 aliphatic carbocycles. The highest BCUT2D eigenvalue weighted by Gasteiger charge is 2.28. The number of esters is 1. The molecule has 0 radical (unpaired) electrons. The number of ether oxygens (including phenoxy) is 2. The van der Waals surface area contributed by atoms with E-state index in [2.05, 4.69) is 9.47 Å². The molecular formula is C6H9F3O3. The summed E-state index contributed by atoms with van der Waals surface area (Å²) in [7, 11) is 1.17. The number of hydrogen-bond acceptors (Lipinski definition) is 3. The fourth-order valence-corrected chi connectivity index (χ4v) is 0.506. The third-order valence-corrected chi connectivity index (χ3v) is 1.02. The summed E-state index contributed by atoms with van der Waals surface area (Å²) in [6, 6.07) is 0. The molecule has 0 bridgehead atoms. The zero-order chi connectivity index (χ0) is 9.61. The maximum atomic E-state index is 11.3. The Bertz CT molecular complexity index is 143. The summed E-state index contributed by atoms with van der Waals surface area (Å²) >= 11 is 0. The summed E-state index contributed by atoms with van der Waals surface area (Å²) in [5.41, 5.74) is 0. The lowest BCUT2D eigenvalue weighted by molar-refractivity contribution is -0.324. The third kappa shape index (κ3) is 7.33. The highest BCUT2D eigenvalue weighted by molar-refractivity contribution is 5.68. The van der Waals surface area contributed by atoms with Crippen LogP contribution in [0.25, 0.3) is 0 Å². The highest BCUT2D eigenvalue weighted by atomic mass is 19.4. The molecule has 0 N–H and O–H groups in total. The second-order valence-corrected chi connectivity index (χ2v) is 1.97. The maximum absolute atomic E-state index is 11.3. The van der Waals surface area contributed by atoms with Crippen LogP contribution in [-0.4, -0.2) is 26.0 Å². The van der Waals surface area contributed by atoms with Crippen molar-refractivity contribution in [3.05, 3.63) is 0 Å². The Hall–Kier alpha value is -0.780. The van der Waals surface area contributed by atoms with Gasteiger partial charge in [0.1, 0.15) is 0 Å². The Kier molecular flexibility index (Phi) is 4.65. The van der Waals surface area contributed by atoms with Gasteiger partial charge in [0.05, 0.1) is 13.7 Å². The summed E-state index contributed by atoms with van der Waals surface area (Å²) in [4.78, 5) is 10.4. The third-order valence-electron chi connectivity index (χ3n) is 1.02. The smallest absolute Gasteiger partial charge is 0.469 e. The average Bonchev–Trinajstić information content (AvgIpc) is 1.96. The molecule has 0 fully saturated rings. The van der Waals surface area contributed by atoms with Gasteiger partial charge < -0.3 is 4.74 Å². The Morgan fingerprint density at radius 2 is 2.00 bits per heavy atom. The lowest BCUT2D eigenvalue weighted by atomic mass is 10.3. The molecular weight excluding hydrogens is 177 g/mol. The lowest BCUT2D eigenvalue weighted by Gasteiger charge is -2.05. The molecule has 0 unspecified atom stereocenters. The van der Waals surface area contributed by atoms with Crippen molar-refractivity contribution in [2.24, 2.45) is 0 Å². The summed E-state index contributed by atoms with van der Waals surface area (Å²) in [5, 5.41) is 0. The van der Waals surface area contributed by atoms with Crippen molar-refractivity contribution >= 4 is 5.97 Å². The van der Waals surface area contributed by atoms with E-state index in [1.54, 1.807) is 0 Å². The topological polar surface area (TPSA) is 35.5 Å². The van der Waals surface area contributed by atoms with E-state index < -0.39 is 18.9 Å². The Morgan fingerprint density at radius 1 is 1.42 bits per heavy atom. The summed E-state index contributed by atoms with van der Waals surface area (Å²) < 4.78 is 41.6. The molecule has 0 spiro atoms. The molecule has 0 aromatic carbocycles. The van der Waals surface area contributed by atoms with Crippen molar-refractivity contribution in [3.8, 4) is 0 Å². The zero-order valence-electron chi connectivity index (χ0n) is 6.48. The zero-order valence-corrected chi connectivity index (χ0v) is 6.48. The van der Waals surface area contributed by atoms with Crippen molar-refractivity contribution in [3.63, 3.8) is 0 Å². The summed E-state index contributed by atoms with van der Waals surface area (Å²) in [5.74, 6) is -0.541. The monoisotopic (exact) mass is 186 g/mol. The Balaban J connectivity index is 3.28. The van der Waals surface area contributed by atoms with Gasteiger partial charge in [-0.05, 0) is 6.42 Å². The molecule has 0 saturated heterocycles. The van der Waals surface area contributed by atoms with Crippen LogP contribution in [0.3, 0.4) is 0 Å². The minimum atomic E-state index is -4.61. The molecule has 0 heterocycles. The van der Waals surface area contributed by atoms with Crippen LogP contribution in [0.4, 0.5) is 13.2 Å². The number of alkyl halides is 3. The second kappa shape index (κ2) is 4.97. The van der Waals surface area contributed by atoms with Crippen LogP contribution in [0.1, 0.15) is 12.8 Å². The number of halogens is 3. The molecule has 12 heavy (non-hydrogen) atoms. The first-order chi connectivity index (χ1) is 5.45. The van der Waals surface area contributed by atoms with Crippen molar-refractivity contribution in [2.75, 3.05) is 13.7 Å². The number of carbonyl (C=O) groups is 1. The number of carbonyl (C=O) groups excluding carboxylic acids is 1. The molecule has 0 aromatic rings. The van der Waals surface area contributed by atoms with E-state index in [1.165, 1.54) is 7.11 Å². The molecule has 0 aromatic heterocycles. The van der Waals surface area contributed by atoms with Gasteiger partial charge in [0.15, 0.2) is 0 Å². The fourth-order valence-electron chi connectivity index (χ4n) is 0.506. The normalized spacial score (nSPS) is 11.3. The second-order valence-electron chi connectivity index (χ2n) is 1.97. The molecule has 0 aliphatic rings. The predicted octanol–water partition coefficient (Wildman–Crippen LogP) is 1.48. The molecule has 0 saturated carbocycles. The van der Waals surface area contributed by atoms with Gasteiger partial charge in [-0.1, -0.05) is 0 Å². The minimum absolute atomic E-state index is 0.00613. The molecule has 3 nitrogen and oxygen atoms in total. The van der Waals surface area contributed by atoms with Crippen LogP contribution >= 0.6 is 0 Å². The van der Waals surface area contributed by atoms with E-state index in [4.69, 9.17) is 0 Å². The molecule has 6 heteroatoms. The lowest BCUT2D eigenvalue weighted by Crippen LogP contribution is -2.15. The van der Waals surface area contributed by atoms with Gasteiger partial charge >= 0.3 is 12.3 Å². The van der Waals surface area contributed by atoms with Crippen molar-refractivity contribution in [1.29, 1.82) is 0 Å². The van der Waals surface area contributed by atoms with Crippen LogP contribution in [0, 0.1) is 0 Å². The van der Waals surface area contributed by atoms with Crippen LogP contribution in [0.2, 0.25) is 0 Å². The SMILES string of the molecule is COC(=O)CCCOC(F)(F)F. The van der Waals surface area contributed by atoms with Crippen LogP contribution in [-0.2, 0) is 14.3 Å². The number of rotatable bonds is 4. The molecule has 0 atom stereocenters. The first-order valence-corrected chi connectivity index (χ1v) is 3.23. The summed E-state index contributed by atoms with van der Waals surface area (Å²) in [6.45, 7) is -0.515. The van der Waals surface area contributed by atoms with Gasteiger partial charge in [0, 0.05) is 6.42 Å². The van der Waals surface area contributed by atoms with Crippen molar-refractivity contribution in [1.82, 2.24) is 0 Å². The van der Waals surface area contributed by atoms with E-state index in [0.717, 1.165) is 0 Å². The highest BCUT2D eigenvalue weighted by Crippen LogP contribution is 2.16. The fraction of sp³-hybridized carbons (Fsp3) is 0.833. The van der Waals surface area contributed by atoms with E-state index in [9.17, 15) is 18.0 Å². The maximum Gasteiger partial charge on any atom is 0.522 e. The molecule has 0 amide bonds. The molecule has 0 rings (SSSR count). The largest absolute Gasteiger partial charge is 0.522 e.